The van der Waals surface area contributed by atoms with Gasteiger partial charge in [-0.15, -0.1) is 0 Å². The molecular weight excluding hydrogens is 252 g/mol. The number of nitriles is 1. The van der Waals surface area contributed by atoms with Crippen LogP contribution in [-0.4, -0.2) is 36.6 Å². The van der Waals surface area contributed by atoms with E-state index in [1.165, 1.54) is 12.8 Å². The summed E-state index contributed by atoms with van der Waals surface area (Å²) >= 11 is 0. The van der Waals surface area contributed by atoms with Gasteiger partial charge in [0.1, 0.15) is 0 Å². The topological polar surface area (TPSA) is 53.3 Å². The molecule has 1 aromatic carbocycles. The Labute approximate surface area is 118 Å². The summed E-state index contributed by atoms with van der Waals surface area (Å²) in [7, 11) is 0. The third-order valence-corrected chi connectivity index (χ3v) is 3.94. The van der Waals surface area contributed by atoms with E-state index in [1.807, 2.05) is 4.90 Å². The molecule has 104 valence electrons. The minimum Gasteiger partial charge on any atom is -0.376 e. The fourth-order valence-electron chi connectivity index (χ4n) is 2.51. The van der Waals surface area contributed by atoms with Gasteiger partial charge < -0.3 is 9.64 Å². The van der Waals surface area contributed by atoms with E-state index in [0.717, 1.165) is 25.5 Å². The van der Waals surface area contributed by atoms with Gasteiger partial charge in [0.25, 0.3) is 5.91 Å². The predicted molar refractivity (Wildman–Crippen MR) is 74.1 cm³/mol. The van der Waals surface area contributed by atoms with Gasteiger partial charge in [0.15, 0.2) is 0 Å². The predicted octanol–water partition coefficient (Wildman–Crippen LogP) is 2.20. The van der Waals surface area contributed by atoms with Crippen LogP contribution >= 0.6 is 0 Å². The molecule has 1 aromatic rings. The van der Waals surface area contributed by atoms with Crippen LogP contribution in [0.3, 0.4) is 0 Å². The Hall–Kier alpha value is -1.86. The Morgan fingerprint density at radius 2 is 2.25 bits per heavy atom. The van der Waals surface area contributed by atoms with Crippen molar-refractivity contribution >= 4 is 5.91 Å². The van der Waals surface area contributed by atoms with E-state index in [-0.39, 0.29) is 12.0 Å². The van der Waals surface area contributed by atoms with Crippen molar-refractivity contribution in [2.75, 3.05) is 19.7 Å². The normalized spacial score (nSPS) is 21.8. The first-order valence-electron chi connectivity index (χ1n) is 7.17. The molecule has 1 saturated carbocycles. The number of likely N-dealkylation sites (tertiary alicyclic amines) is 1. The number of amides is 1. The molecule has 0 spiro atoms. The van der Waals surface area contributed by atoms with E-state index >= 15 is 0 Å². The molecule has 4 heteroatoms. The van der Waals surface area contributed by atoms with Crippen LogP contribution in [0.4, 0.5) is 0 Å². The number of ether oxygens (including phenoxy) is 1. The molecule has 0 aromatic heterocycles. The summed E-state index contributed by atoms with van der Waals surface area (Å²) in [4.78, 5) is 14.2. The van der Waals surface area contributed by atoms with Gasteiger partial charge >= 0.3 is 0 Å². The van der Waals surface area contributed by atoms with E-state index in [9.17, 15) is 4.79 Å². The molecule has 20 heavy (non-hydrogen) atoms. The SMILES string of the molecule is N#Cc1cccc(C(=O)N2CCC(OCC3CC3)C2)c1. The van der Waals surface area contributed by atoms with E-state index in [0.29, 0.717) is 17.7 Å². The van der Waals surface area contributed by atoms with Crippen LogP contribution in [0.15, 0.2) is 24.3 Å². The Balaban J connectivity index is 1.58. The second-order valence-corrected chi connectivity index (χ2v) is 5.63. The molecular formula is C16H18N2O2. The highest BCUT2D eigenvalue weighted by atomic mass is 16.5. The first kappa shape index (κ1) is 13.1. The molecule has 2 aliphatic rings. The van der Waals surface area contributed by atoms with Crippen molar-refractivity contribution in [1.82, 2.24) is 4.90 Å². The molecule has 1 aliphatic carbocycles. The number of hydrogen-bond donors (Lipinski definition) is 0. The highest BCUT2D eigenvalue weighted by Crippen LogP contribution is 2.30. The van der Waals surface area contributed by atoms with Crippen LogP contribution in [0.2, 0.25) is 0 Å². The van der Waals surface area contributed by atoms with Gasteiger partial charge in [-0.1, -0.05) is 6.07 Å². The first-order chi connectivity index (χ1) is 9.76. The molecule has 0 N–H and O–H groups in total. The molecule has 3 rings (SSSR count). The lowest BCUT2D eigenvalue weighted by Crippen LogP contribution is -2.30. The highest BCUT2D eigenvalue weighted by Gasteiger charge is 2.29. The molecule has 2 fully saturated rings. The number of hydrogen-bond acceptors (Lipinski definition) is 3. The number of benzene rings is 1. The second kappa shape index (κ2) is 5.64. The van der Waals surface area contributed by atoms with Gasteiger partial charge in [-0.3, -0.25) is 4.79 Å². The van der Waals surface area contributed by atoms with Gasteiger partial charge in [0.2, 0.25) is 0 Å². The molecule has 1 amide bonds. The molecule has 1 unspecified atom stereocenters. The summed E-state index contributed by atoms with van der Waals surface area (Å²) in [5.41, 5.74) is 1.11. The maximum Gasteiger partial charge on any atom is 0.253 e. The Bertz CT molecular complexity index is 546. The largest absolute Gasteiger partial charge is 0.376 e. The highest BCUT2D eigenvalue weighted by molar-refractivity contribution is 5.94. The molecule has 1 atom stereocenters. The maximum absolute atomic E-state index is 12.4. The lowest BCUT2D eigenvalue weighted by atomic mass is 10.1. The molecule has 1 aliphatic heterocycles. The van der Waals surface area contributed by atoms with Gasteiger partial charge in [-0.05, 0) is 43.4 Å². The number of rotatable bonds is 4. The zero-order chi connectivity index (χ0) is 13.9. The average molecular weight is 270 g/mol. The quantitative estimate of drug-likeness (QED) is 0.842. The van der Waals surface area contributed by atoms with E-state index < -0.39 is 0 Å². The molecule has 0 bridgehead atoms. The Morgan fingerprint density at radius 1 is 1.40 bits per heavy atom. The summed E-state index contributed by atoms with van der Waals surface area (Å²) in [5, 5.41) is 8.88. The van der Waals surface area contributed by atoms with Crippen molar-refractivity contribution in [3.8, 4) is 6.07 Å². The molecule has 1 heterocycles. The van der Waals surface area contributed by atoms with Crippen molar-refractivity contribution in [3.05, 3.63) is 35.4 Å². The zero-order valence-electron chi connectivity index (χ0n) is 11.4. The van der Waals surface area contributed by atoms with Crippen LogP contribution < -0.4 is 0 Å². The minimum atomic E-state index is -0.000350. The monoisotopic (exact) mass is 270 g/mol. The van der Waals surface area contributed by atoms with Crippen LogP contribution in [-0.2, 0) is 4.74 Å². The smallest absolute Gasteiger partial charge is 0.253 e. The van der Waals surface area contributed by atoms with Crippen LogP contribution in [0.5, 0.6) is 0 Å². The molecule has 4 nitrogen and oxygen atoms in total. The van der Waals surface area contributed by atoms with Crippen LogP contribution in [0, 0.1) is 17.2 Å². The third kappa shape index (κ3) is 3.00. The van der Waals surface area contributed by atoms with Crippen molar-refractivity contribution in [1.29, 1.82) is 5.26 Å². The summed E-state index contributed by atoms with van der Waals surface area (Å²) in [6.45, 7) is 2.25. The Kier molecular flexibility index (Phi) is 3.70. The third-order valence-electron chi connectivity index (χ3n) is 3.94. The van der Waals surface area contributed by atoms with Gasteiger partial charge in [-0.2, -0.15) is 5.26 Å². The van der Waals surface area contributed by atoms with Crippen molar-refractivity contribution < 1.29 is 9.53 Å². The molecule has 0 radical (unpaired) electrons. The summed E-state index contributed by atoms with van der Waals surface area (Å²) in [6, 6.07) is 8.95. The Morgan fingerprint density at radius 3 is 3.00 bits per heavy atom. The van der Waals surface area contributed by atoms with Crippen LogP contribution in [0.25, 0.3) is 0 Å². The van der Waals surface area contributed by atoms with E-state index in [2.05, 4.69) is 6.07 Å². The minimum absolute atomic E-state index is 0.000350. The van der Waals surface area contributed by atoms with E-state index in [1.54, 1.807) is 24.3 Å². The van der Waals surface area contributed by atoms with Crippen molar-refractivity contribution in [2.24, 2.45) is 5.92 Å². The summed E-state index contributed by atoms with van der Waals surface area (Å²) in [6.07, 6.45) is 3.67. The van der Waals surface area contributed by atoms with Crippen LogP contribution in [0.1, 0.15) is 35.2 Å². The fourth-order valence-corrected chi connectivity index (χ4v) is 2.51. The molecule has 1 saturated heterocycles. The number of carbonyl (C=O) groups is 1. The second-order valence-electron chi connectivity index (χ2n) is 5.63. The standard InChI is InChI=1S/C16H18N2O2/c17-9-13-2-1-3-14(8-13)16(19)18-7-6-15(10-18)20-11-12-4-5-12/h1-3,8,12,15H,4-7,10-11H2. The zero-order valence-corrected chi connectivity index (χ0v) is 11.4. The lowest BCUT2D eigenvalue weighted by molar-refractivity contribution is 0.0480. The van der Waals surface area contributed by atoms with Gasteiger partial charge in [0.05, 0.1) is 17.7 Å². The first-order valence-corrected chi connectivity index (χ1v) is 7.17. The average Bonchev–Trinajstić information content (AvgIpc) is 3.21. The number of nitrogens with zero attached hydrogens (tertiary/aromatic N) is 2. The van der Waals surface area contributed by atoms with E-state index in [4.69, 9.17) is 10.00 Å². The fraction of sp³-hybridized carbons (Fsp3) is 0.500. The van der Waals surface area contributed by atoms with Gasteiger partial charge in [0, 0.05) is 25.3 Å². The number of carbonyl (C=O) groups excluding carboxylic acids is 1. The van der Waals surface area contributed by atoms with Crippen molar-refractivity contribution in [3.63, 3.8) is 0 Å². The van der Waals surface area contributed by atoms with Gasteiger partial charge in [-0.25, -0.2) is 0 Å². The maximum atomic E-state index is 12.4. The lowest BCUT2D eigenvalue weighted by Gasteiger charge is -2.17. The summed E-state index contributed by atoms with van der Waals surface area (Å²) < 4.78 is 5.84. The van der Waals surface area contributed by atoms with Crippen molar-refractivity contribution in [2.45, 2.75) is 25.4 Å². The summed E-state index contributed by atoms with van der Waals surface area (Å²) in [5.74, 6) is 0.756.